The van der Waals surface area contributed by atoms with Gasteiger partial charge < -0.3 is 9.80 Å². The monoisotopic (exact) mass is 261 g/mol. The van der Waals surface area contributed by atoms with E-state index in [1.54, 1.807) is 6.20 Å². The molecule has 0 N–H and O–H groups in total. The summed E-state index contributed by atoms with van der Waals surface area (Å²) in [7, 11) is 0. The van der Waals surface area contributed by atoms with Gasteiger partial charge in [-0.15, -0.1) is 5.10 Å². The molecule has 3 heterocycles. The van der Waals surface area contributed by atoms with Gasteiger partial charge in [-0.25, -0.2) is 0 Å². The van der Waals surface area contributed by atoms with E-state index in [4.69, 9.17) is 4.98 Å². The highest BCUT2D eigenvalue weighted by molar-refractivity contribution is 5.43. The molecule has 2 saturated heterocycles. The summed E-state index contributed by atoms with van der Waals surface area (Å²) in [6.07, 6.45) is 9.33. The molecule has 1 aromatic rings. The Labute approximate surface area is 115 Å². The summed E-state index contributed by atoms with van der Waals surface area (Å²) in [5.41, 5.74) is 0. The van der Waals surface area contributed by atoms with Crippen molar-refractivity contribution in [3.05, 3.63) is 6.20 Å². The van der Waals surface area contributed by atoms with Crippen LogP contribution in [0.3, 0.4) is 0 Å². The van der Waals surface area contributed by atoms with E-state index < -0.39 is 0 Å². The van der Waals surface area contributed by atoms with E-state index >= 15 is 0 Å². The maximum Gasteiger partial charge on any atom is 0.247 e. The zero-order chi connectivity index (χ0) is 13.1. The minimum Gasteiger partial charge on any atom is -0.355 e. The molecule has 0 radical (unpaired) electrons. The van der Waals surface area contributed by atoms with Crippen molar-refractivity contribution in [2.24, 2.45) is 0 Å². The van der Waals surface area contributed by atoms with Crippen molar-refractivity contribution in [3.63, 3.8) is 0 Å². The highest BCUT2D eigenvalue weighted by atomic mass is 15.4. The number of piperidine rings is 1. The normalized spacial score (nSPS) is 23.9. The summed E-state index contributed by atoms with van der Waals surface area (Å²) >= 11 is 0. The Morgan fingerprint density at radius 3 is 2.74 bits per heavy atom. The Morgan fingerprint density at radius 2 is 1.95 bits per heavy atom. The molecule has 0 aliphatic carbocycles. The molecule has 3 rings (SSSR count). The molecular formula is C14H23N5. The topological polar surface area (TPSA) is 45.2 Å². The first-order valence-electron chi connectivity index (χ1n) is 7.60. The third-order valence-corrected chi connectivity index (χ3v) is 4.32. The van der Waals surface area contributed by atoms with E-state index in [1.165, 1.54) is 32.1 Å². The van der Waals surface area contributed by atoms with Crippen molar-refractivity contribution < 1.29 is 0 Å². The minimum absolute atomic E-state index is 0.587. The van der Waals surface area contributed by atoms with E-state index in [2.05, 4.69) is 26.9 Å². The van der Waals surface area contributed by atoms with Crippen LogP contribution >= 0.6 is 0 Å². The number of anilines is 2. The average Bonchev–Trinajstić information content (AvgIpc) is 3.01. The molecule has 0 spiro atoms. The molecule has 5 nitrogen and oxygen atoms in total. The summed E-state index contributed by atoms with van der Waals surface area (Å²) in [6, 6.07) is 0.587. The minimum atomic E-state index is 0.587. The van der Waals surface area contributed by atoms with Gasteiger partial charge in [-0.2, -0.15) is 10.1 Å². The molecule has 19 heavy (non-hydrogen) atoms. The van der Waals surface area contributed by atoms with E-state index in [0.717, 1.165) is 37.8 Å². The summed E-state index contributed by atoms with van der Waals surface area (Å²) in [5, 5.41) is 8.45. The van der Waals surface area contributed by atoms with Crippen LogP contribution in [-0.2, 0) is 0 Å². The SMILES string of the molecule is CCC1CCCCN1c1nncc(N2CCCC2)n1. The van der Waals surface area contributed by atoms with Gasteiger partial charge in [0.15, 0.2) is 5.82 Å². The van der Waals surface area contributed by atoms with Crippen LogP contribution in [0, 0.1) is 0 Å². The molecule has 2 aliphatic heterocycles. The van der Waals surface area contributed by atoms with Crippen LogP contribution < -0.4 is 9.80 Å². The summed E-state index contributed by atoms with van der Waals surface area (Å²) in [4.78, 5) is 9.43. The first-order chi connectivity index (χ1) is 9.38. The van der Waals surface area contributed by atoms with Crippen LogP contribution in [0.1, 0.15) is 45.4 Å². The van der Waals surface area contributed by atoms with Gasteiger partial charge in [0, 0.05) is 25.7 Å². The Bertz CT molecular complexity index is 416. The lowest BCUT2D eigenvalue weighted by molar-refractivity contribution is 0.441. The van der Waals surface area contributed by atoms with Crippen LogP contribution in [-0.4, -0.2) is 40.9 Å². The second kappa shape index (κ2) is 5.72. The molecule has 2 fully saturated rings. The lowest BCUT2D eigenvalue weighted by Crippen LogP contribution is -2.40. The predicted octanol–water partition coefficient (Wildman–Crippen LogP) is 2.24. The van der Waals surface area contributed by atoms with E-state index in [-0.39, 0.29) is 0 Å². The van der Waals surface area contributed by atoms with Gasteiger partial charge in [0.25, 0.3) is 0 Å². The smallest absolute Gasteiger partial charge is 0.247 e. The summed E-state index contributed by atoms with van der Waals surface area (Å²) < 4.78 is 0. The average molecular weight is 261 g/mol. The van der Waals surface area contributed by atoms with Gasteiger partial charge in [0.2, 0.25) is 5.95 Å². The van der Waals surface area contributed by atoms with Crippen molar-refractivity contribution >= 4 is 11.8 Å². The second-order valence-corrected chi connectivity index (χ2v) is 5.56. The zero-order valence-electron chi connectivity index (χ0n) is 11.8. The molecule has 1 unspecified atom stereocenters. The highest BCUT2D eigenvalue weighted by Crippen LogP contribution is 2.25. The highest BCUT2D eigenvalue weighted by Gasteiger charge is 2.24. The van der Waals surface area contributed by atoms with Crippen molar-refractivity contribution in [1.29, 1.82) is 0 Å². The molecule has 0 aromatic carbocycles. The van der Waals surface area contributed by atoms with Crippen molar-refractivity contribution in [2.45, 2.75) is 51.5 Å². The first-order valence-corrected chi connectivity index (χ1v) is 7.60. The molecule has 0 amide bonds. The maximum absolute atomic E-state index is 4.75. The lowest BCUT2D eigenvalue weighted by Gasteiger charge is -2.35. The predicted molar refractivity (Wildman–Crippen MR) is 76.6 cm³/mol. The van der Waals surface area contributed by atoms with Crippen LogP contribution in [0.4, 0.5) is 11.8 Å². The van der Waals surface area contributed by atoms with Gasteiger partial charge in [0.05, 0.1) is 6.20 Å². The number of nitrogens with zero attached hydrogens (tertiary/aromatic N) is 5. The van der Waals surface area contributed by atoms with Gasteiger partial charge in [-0.05, 0) is 38.5 Å². The zero-order valence-corrected chi connectivity index (χ0v) is 11.8. The Balaban J connectivity index is 1.81. The maximum atomic E-state index is 4.75. The Morgan fingerprint density at radius 1 is 1.16 bits per heavy atom. The second-order valence-electron chi connectivity index (χ2n) is 5.56. The fourth-order valence-electron chi connectivity index (χ4n) is 3.19. The molecule has 5 heteroatoms. The molecular weight excluding hydrogens is 238 g/mol. The van der Waals surface area contributed by atoms with E-state index in [9.17, 15) is 0 Å². The van der Waals surface area contributed by atoms with Crippen LogP contribution in [0.5, 0.6) is 0 Å². The van der Waals surface area contributed by atoms with Crippen LogP contribution in [0.2, 0.25) is 0 Å². The van der Waals surface area contributed by atoms with Crippen molar-refractivity contribution in [1.82, 2.24) is 15.2 Å². The van der Waals surface area contributed by atoms with Gasteiger partial charge >= 0.3 is 0 Å². The van der Waals surface area contributed by atoms with Crippen molar-refractivity contribution in [2.75, 3.05) is 29.4 Å². The van der Waals surface area contributed by atoms with Gasteiger partial charge in [0.1, 0.15) is 0 Å². The van der Waals surface area contributed by atoms with Crippen molar-refractivity contribution in [3.8, 4) is 0 Å². The Kier molecular flexibility index (Phi) is 3.80. The molecule has 1 aromatic heterocycles. The largest absolute Gasteiger partial charge is 0.355 e. The van der Waals surface area contributed by atoms with Gasteiger partial charge in [-0.1, -0.05) is 6.92 Å². The quantitative estimate of drug-likeness (QED) is 0.835. The molecule has 104 valence electrons. The number of hydrogen-bond donors (Lipinski definition) is 0. The van der Waals surface area contributed by atoms with E-state index in [1.807, 2.05) is 0 Å². The third-order valence-electron chi connectivity index (χ3n) is 4.32. The third kappa shape index (κ3) is 2.65. The molecule has 2 aliphatic rings. The summed E-state index contributed by atoms with van der Waals surface area (Å²) in [5.74, 6) is 1.83. The number of hydrogen-bond acceptors (Lipinski definition) is 5. The molecule has 0 bridgehead atoms. The standard InChI is InChI=1S/C14H23N5/c1-2-12-7-3-4-10-19(12)14-16-13(11-15-17-14)18-8-5-6-9-18/h11-12H,2-10H2,1H3. The van der Waals surface area contributed by atoms with Crippen LogP contribution in [0.15, 0.2) is 6.20 Å². The fourth-order valence-corrected chi connectivity index (χ4v) is 3.19. The number of rotatable bonds is 3. The van der Waals surface area contributed by atoms with E-state index in [0.29, 0.717) is 6.04 Å². The fraction of sp³-hybridized carbons (Fsp3) is 0.786. The van der Waals surface area contributed by atoms with Gasteiger partial charge in [-0.3, -0.25) is 0 Å². The van der Waals surface area contributed by atoms with Crippen LogP contribution in [0.25, 0.3) is 0 Å². The first kappa shape index (κ1) is 12.6. The number of aromatic nitrogens is 3. The molecule has 0 saturated carbocycles. The molecule has 1 atom stereocenters. The summed E-state index contributed by atoms with van der Waals surface area (Å²) in [6.45, 7) is 5.54. The lowest BCUT2D eigenvalue weighted by atomic mass is 10.0. The Hall–Kier alpha value is -1.39.